The molecule has 20 heavy (non-hydrogen) atoms. The molecular weight excluding hydrogens is 264 g/mol. The predicted octanol–water partition coefficient (Wildman–Crippen LogP) is 4.02. The van der Waals surface area contributed by atoms with Crippen LogP contribution in [-0.4, -0.2) is 11.0 Å². The van der Waals surface area contributed by atoms with E-state index in [4.69, 9.17) is 5.73 Å². The minimum Gasteiger partial charge on any atom is -0.327 e. The zero-order chi connectivity index (χ0) is 14.5. The Morgan fingerprint density at radius 1 is 1.10 bits per heavy atom. The van der Waals surface area contributed by atoms with Crippen LogP contribution < -0.4 is 5.73 Å². The molecule has 0 amide bonds. The van der Waals surface area contributed by atoms with Gasteiger partial charge in [0.05, 0.1) is 0 Å². The standard InChI is InChI=1S/C17H22N2S/c1-12-8-13(2)10-15(9-12)11-20-17(14(3)18)16-4-6-19-7-5-16/h4-10,14,17H,11,18H2,1-3H3. The molecular formula is C17H22N2S. The minimum absolute atomic E-state index is 0.119. The van der Waals surface area contributed by atoms with Gasteiger partial charge in [-0.3, -0.25) is 4.98 Å². The van der Waals surface area contributed by atoms with E-state index >= 15 is 0 Å². The second-order valence-corrected chi connectivity index (χ2v) is 6.50. The van der Waals surface area contributed by atoms with Crippen LogP contribution in [0.25, 0.3) is 0 Å². The van der Waals surface area contributed by atoms with Gasteiger partial charge < -0.3 is 5.73 Å². The van der Waals surface area contributed by atoms with Crippen molar-refractivity contribution in [3.05, 3.63) is 65.0 Å². The molecule has 2 nitrogen and oxygen atoms in total. The Morgan fingerprint density at radius 3 is 2.25 bits per heavy atom. The highest BCUT2D eigenvalue weighted by molar-refractivity contribution is 7.98. The first-order valence-electron chi connectivity index (χ1n) is 6.90. The molecule has 0 aliphatic rings. The Bertz CT molecular complexity index is 532. The molecule has 0 spiro atoms. The summed E-state index contributed by atoms with van der Waals surface area (Å²) in [6.45, 7) is 6.36. The van der Waals surface area contributed by atoms with Crippen LogP contribution >= 0.6 is 11.8 Å². The summed E-state index contributed by atoms with van der Waals surface area (Å²) in [4.78, 5) is 4.08. The molecule has 2 rings (SSSR count). The molecule has 106 valence electrons. The maximum Gasteiger partial charge on any atom is 0.0450 e. The van der Waals surface area contributed by atoms with E-state index in [1.807, 2.05) is 24.2 Å². The molecule has 1 aromatic carbocycles. The van der Waals surface area contributed by atoms with E-state index in [2.05, 4.69) is 56.1 Å². The number of nitrogens with zero attached hydrogens (tertiary/aromatic N) is 1. The molecule has 0 aliphatic heterocycles. The van der Waals surface area contributed by atoms with Crippen molar-refractivity contribution < 1.29 is 0 Å². The number of pyridine rings is 1. The van der Waals surface area contributed by atoms with Crippen LogP contribution in [0.15, 0.2) is 42.7 Å². The van der Waals surface area contributed by atoms with Crippen LogP contribution in [-0.2, 0) is 5.75 Å². The molecule has 2 aromatic rings. The smallest absolute Gasteiger partial charge is 0.0450 e. The fourth-order valence-electron chi connectivity index (χ4n) is 2.44. The van der Waals surface area contributed by atoms with Gasteiger partial charge in [0.2, 0.25) is 0 Å². The molecule has 2 atom stereocenters. The second-order valence-electron chi connectivity index (χ2n) is 5.37. The number of hydrogen-bond acceptors (Lipinski definition) is 3. The summed E-state index contributed by atoms with van der Waals surface area (Å²) < 4.78 is 0. The topological polar surface area (TPSA) is 38.9 Å². The SMILES string of the molecule is Cc1cc(C)cc(CSC(c2ccncc2)C(C)N)c1. The predicted molar refractivity (Wildman–Crippen MR) is 87.8 cm³/mol. The number of thioether (sulfide) groups is 1. The van der Waals surface area contributed by atoms with Crippen LogP contribution in [0.5, 0.6) is 0 Å². The lowest BCUT2D eigenvalue weighted by Crippen LogP contribution is -2.22. The molecule has 1 aromatic heterocycles. The average Bonchev–Trinajstić information content (AvgIpc) is 2.38. The van der Waals surface area contributed by atoms with Crippen molar-refractivity contribution in [1.82, 2.24) is 4.98 Å². The molecule has 1 heterocycles. The Balaban J connectivity index is 2.10. The molecule has 0 aliphatic carbocycles. The van der Waals surface area contributed by atoms with E-state index in [0.29, 0.717) is 5.25 Å². The van der Waals surface area contributed by atoms with Gasteiger partial charge in [-0.2, -0.15) is 0 Å². The Morgan fingerprint density at radius 2 is 1.70 bits per heavy atom. The summed E-state index contributed by atoms with van der Waals surface area (Å²) >= 11 is 1.90. The molecule has 3 heteroatoms. The van der Waals surface area contributed by atoms with Crippen molar-refractivity contribution >= 4 is 11.8 Å². The quantitative estimate of drug-likeness (QED) is 0.902. The Hall–Kier alpha value is -1.32. The van der Waals surface area contributed by atoms with Crippen LogP contribution in [0.3, 0.4) is 0 Å². The van der Waals surface area contributed by atoms with Crippen LogP contribution in [0.4, 0.5) is 0 Å². The third-order valence-corrected chi connectivity index (χ3v) is 4.78. The summed E-state index contributed by atoms with van der Waals surface area (Å²) in [5.41, 5.74) is 11.4. The number of hydrogen-bond donors (Lipinski definition) is 1. The second kappa shape index (κ2) is 6.91. The monoisotopic (exact) mass is 286 g/mol. The molecule has 2 N–H and O–H groups in total. The largest absolute Gasteiger partial charge is 0.327 e. The van der Waals surface area contributed by atoms with Crippen LogP contribution in [0.1, 0.15) is 34.4 Å². The molecule has 0 fully saturated rings. The van der Waals surface area contributed by atoms with Gasteiger partial charge >= 0.3 is 0 Å². The van der Waals surface area contributed by atoms with Gasteiger partial charge in [0, 0.05) is 29.4 Å². The van der Waals surface area contributed by atoms with Crippen molar-refractivity contribution in [2.45, 2.75) is 37.8 Å². The van der Waals surface area contributed by atoms with Gasteiger partial charge in [-0.15, -0.1) is 11.8 Å². The summed E-state index contributed by atoms with van der Waals surface area (Å²) in [6, 6.07) is 11.0. The van der Waals surface area contributed by atoms with Gasteiger partial charge in [0.1, 0.15) is 0 Å². The number of benzene rings is 1. The van der Waals surface area contributed by atoms with Crippen LogP contribution in [0.2, 0.25) is 0 Å². The maximum atomic E-state index is 6.15. The highest BCUT2D eigenvalue weighted by Gasteiger charge is 2.16. The summed E-state index contributed by atoms with van der Waals surface area (Å²) in [7, 11) is 0. The number of aromatic nitrogens is 1. The number of rotatable bonds is 5. The first-order chi connectivity index (χ1) is 9.56. The van der Waals surface area contributed by atoms with Crippen molar-refractivity contribution in [3.63, 3.8) is 0 Å². The van der Waals surface area contributed by atoms with Crippen molar-refractivity contribution in [2.75, 3.05) is 0 Å². The third kappa shape index (κ3) is 4.09. The van der Waals surface area contributed by atoms with E-state index in [-0.39, 0.29) is 6.04 Å². The normalized spacial score (nSPS) is 14.0. The molecule has 0 saturated carbocycles. The average molecular weight is 286 g/mol. The fraction of sp³-hybridized carbons (Fsp3) is 0.353. The van der Waals surface area contributed by atoms with Gasteiger partial charge in [-0.05, 0) is 44.0 Å². The molecule has 0 saturated heterocycles. The zero-order valence-electron chi connectivity index (χ0n) is 12.3. The minimum atomic E-state index is 0.119. The Kier molecular flexibility index (Phi) is 5.21. The van der Waals surface area contributed by atoms with Crippen molar-refractivity contribution in [3.8, 4) is 0 Å². The fourth-order valence-corrected chi connectivity index (χ4v) is 3.63. The van der Waals surface area contributed by atoms with E-state index in [0.717, 1.165) is 5.75 Å². The molecule has 2 unspecified atom stereocenters. The molecule has 0 radical (unpaired) electrons. The zero-order valence-corrected chi connectivity index (χ0v) is 13.2. The lowest BCUT2D eigenvalue weighted by atomic mass is 10.1. The lowest BCUT2D eigenvalue weighted by molar-refractivity contribution is 0.720. The lowest BCUT2D eigenvalue weighted by Gasteiger charge is -2.21. The summed E-state index contributed by atoms with van der Waals surface area (Å²) in [5.74, 6) is 0.983. The highest BCUT2D eigenvalue weighted by atomic mass is 32.2. The van der Waals surface area contributed by atoms with Crippen molar-refractivity contribution in [1.29, 1.82) is 0 Å². The van der Waals surface area contributed by atoms with E-state index in [1.54, 1.807) is 0 Å². The highest BCUT2D eigenvalue weighted by Crippen LogP contribution is 2.33. The van der Waals surface area contributed by atoms with E-state index < -0.39 is 0 Å². The van der Waals surface area contributed by atoms with Gasteiger partial charge in [-0.25, -0.2) is 0 Å². The summed E-state index contributed by atoms with van der Waals surface area (Å²) in [5, 5.41) is 0.304. The van der Waals surface area contributed by atoms with Crippen LogP contribution in [0, 0.1) is 13.8 Å². The third-order valence-electron chi connectivity index (χ3n) is 3.22. The maximum absolute atomic E-state index is 6.15. The number of aryl methyl sites for hydroxylation is 2. The molecule has 0 bridgehead atoms. The van der Waals surface area contributed by atoms with Gasteiger partial charge in [-0.1, -0.05) is 29.3 Å². The van der Waals surface area contributed by atoms with Crippen molar-refractivity contribution in [2.24, 2.45) is 5.73 Å². The number of nitrogens with two attached hydrogens (primary N) is 1. The van der Waals surface area contributed by atoms with E-state index in [9.17, 15) is 0 Å². The van der Waals surface area contributed by atoms with Gasteiger partial charge in [0.25, 0.3) is 0 Å². The van der Waals surface area contributed by atoms with Gasteiger partial charge in [0.15, 0.2) is 0 Å². The van der Waals surface area contributed by atoms with E-state index in [1.165, 1.54) is 22.3 Å². The Labute approximate surface area is 125 Å². The first kappa shape index (κ1) is 15.1. The first-order valence-corrected chi connectivity index (χ1v) is 7.95. The summed E-state index contributed by atoms with van der Waals surface area (Å²) in [6.07, 6.45) is 3.67.